The molecular formula is C23H25N4O2S+. The Morgan fingerprint density at radius 2 is 2.00 bits per heavy atom. The Bertz CT molecular complexity index is 1190. The molecule has 1 aromatic heterocycles. The van der Waals surface area contributed by atoms with E-state index in [9.17, 15) is 9.59 Å². The summed E-state index contributed by atoms with van der Waals surface area (Å²) in [6, 6.07) is 13.7. The minimum absolute atomic E-state index is 0.101. The standard InChI is InChI=1S/C23H24N4O2S/c1-5-12-30-23-24-21(29)20-17-8-6-7-9-19(17)26(16(4)28)22(27(20)25-23)18-13-14(2)10-11-15(18)3/h6-11,13,22H,5,12H2,1-4H3/p+1. The van der Waals surface area contributed by atoms with Gasteiger partial charge in [0.1, 0.15) is 0 Å². The highest BCUT2D eigenvalue weighted by atomic mass is 32.2. The first-order chi connectivity index (χ1) is 14.4. The van der Waals surface area contributed by atoms with Gasteiger partial charge in [0, 0.05) is 23.3 Å². The lowest BCUT2D eigenvalue weighted by Gasteiger charge is -2.32. The number of aromatic amines is 1. The van der Waals surface area contributed by atoms with Crippen molar-refractivity contribution < 1.29 is 9.48 Å². The van der Waals surface area contributed by atoms with Crippen molar-refractivity contribution in [1.29, 1.82) is 0 Å². The van der Waals surface area contributed by atoms with Crippen LogP contribution in [0, 0.1) is 13.8 Å². The molecule has 1 amide bonds. The molecule has 2 aromatic carbocycles. The molecule has 6 nitrogen and oxygen atoms in total. The lowest BCUT2D eigenvalue weighted by atomic mass is 9.97. The summed E-state index contributed by atoms with van der Waals surface area (Å²) in [5.74, 6) is 0.750. The molecule has 154 valence electrons. The van der Waals surface area contributed by atoms with Gasteiger partial charge in [0.05, 0.1) is 11.3 Å². The van der Waals surface area contributed by atoms with Crippen molar-refractivity contribution in [3.05, 3.63) is 69.5 Å². The number of carbonyl (C=O) groups is 1. The number of fused-ring (bicyclic) bond motifs is 3. The molecule has 1 unspecified atom stereocenters. The zero-order chi connectivity index (χ0) is 21.4. The van der Waals surface area contributed by atoms with E-state index in [0.29, 0.717) is 16.4 Å². The van der Waals surface area contributed by atoms with Crippen LogP contribution in [-0.2, 0) is 4.79 Å². The maximum absolute atomic E-state index is 13.2. The number of rotatable bonds is 4. The van der Waals surface area contributed by atoms with Crippen LogP contribution >= 0.6 is 11.8 Å². The Labute approximate surface area is 180 Å². The smallest absolute Gasteiger partial charge is 0.291 e. The van der Waals surface area contributed by atoms with E-state index < -0.39 is 6.17 Å². The molecule has 0 radical (unpaired) electrons. The first-order valence-electron chi connectivity index (χ1n) is 10.1. The number of thioether (sulfide) groups is 1. The van der Waals surface area contributed by atoms with Crippen molar-refractivity contribution >= 4 is 23.4 Å². The first kappa shape index (κ1) is 20.3. The van der Waals surface area contributed by atoms with Crippen LogP contribution in [0.25, 0.3) is 11.3 Å². The lowest BCUT2D eigenvalue weighted by Crippen LogP contribution is -2.60. The van der Waals surface area contributed by atoms with Gasteiger partial charge < -0.3 is 0 Å². The number of nitrogens with zero attached hydrogens (tertiary/aromatic N) is 3. The molecular weight excluding hydrogens is 396 g/mol. The van der Waals surface area contributed by atoms with Crippen molar-refractivity contribution in [3.8, 4) is 11.3 Å². The second-order valence-electron chi connectivity index (χ2n) is 7.54. The molecule has 30 heavy (non-hydrogen) atoms. The van der Waals surface area contributed by atoms with Gasteiger partial charge in [0.2, 0.25) is 11.1 Å². The molecule has 0 saturated heterocycles. The number of carbonyl (C=O) groups excluding carboxylic acids is 1. The third-order valence-electron chi connectivity index (χ3n) is 5.25. The number of hydrogen-bond donors (Lipinski definition) is 1. The minimum Gasteiger partial charge on any atom is -0.291 e. The van der Waals surface area contributed by atoms with Gasteiger partial charge in [0.15, 0.2) is 0 Å². The number of nitrogens with one attached hydrogen (secondary N) is 1. The maximum Gasteiger partial charge on any atom is 0.325 e. The fourth-order valence-electron chi connectivity index (χ4n) is 3.90. The number of para-hydroxylation sites is 1. The summed E-state index contributed by atoms with van der Waals surface area (Å²) in [4.78, 5) is 30.7. The summed E-state index contributed by atoms with van der Waals surface area (Å²) in [6.45, 7) is 7.69. The SMILES string of the molecule is CCCSc1n[n+]2c(c(=O)[nH]1)-c1ccccc1N(C(C)=O)C2c1cc(C)ccc1C. The van der Waals surface area contributed by atoms with Crippen molar-refractivity contribution in [2.24, 2.45) is 0 Å². The van der Waals surface area contributed by atoms with Crippen molar-refractivity contribution in [2.45, 2.75) is 45.4 Å². The zero-order valence-corrected chi connectivity index (χ0v) is 18.4. The molecule has 1 aliphatic heterocycles. The fraction of sp³-hybridized carbons (Fsp3) is 0.304. The molecule has 0 aliphatic carbocycles. The third kappa shape index (κ3) is 3.43. The number of aryl methyl sites for hydroxylation is 2. The predicted molar refractivity (Wildman–Crippen MR) is 119 cm³/mol. The number of hydrogen-bond acceptors (Lipinski definition) is 4. The Morgan fingerprint density at radius 3 is 2.73 bits per heavy atom. The highest BCUT2D eigenvalue weighted by Gasteiger charge is 2.45. The monoisotopic (exact) mass is 421 g/mol. The number of benzene rings is 2. The lowest BCUT2D eigenvalue weighted by molar-refractivity contribution is -0.763. The summed E-state index contributed by atoms with van der Waals surface area (Å²) < 4.78 is 1.72. The Balaban J connectivity index is 2.06. The molecule has 1 aliphatic rings. The first-order valence-corrected chi connectivity index (χ1v) is 11.1. The third-order valence-corrected chi connectivity index (χ3v) is 6.32. The largest absolute Gasteiger partial charge is 0.325 e. The van der Waals surface area contributed by atoms with E-state index in [1.54, 1.807) is 16.5 Å². The topological polar surface area (TPSA) is 69.9 Å². The molecule has 0 spiro atoms. The van der Waals surface area contributed by atoms with Crippen LogP contribution in [-0.4, -0.2) is 21.7 Å². The summed E-state index contributed by atoms with van der Waals surface area (Å²) >= 11 is 1.51. The number of anilines is 1. The number of H-pyrrole nitrogens is 1. The van der Waals surface area contributed by atoms with Crippen LogP contribution in [0.15, 0.2) is 52.4 Å². The summed E-state index contributed by atoms with van der Waals surface area (Å²) in [7, 11) is 0. The predicted octanol–water partition coefficient (Wildman–Crippen LogP) is 3.76. The summed E-state index contributed by atoms with van der Waals surface area (Å²) in [5, 5.41) is 5.36. The Morgan fingerprint density at radius 1 is 1.23 bits per heavy atom. The van der Waals surface area contributed by atoms with Gasteiger partial charge in [-0.25, -0.2) is 4.90 Å². The highest BCUT2D eigenvalue weighted by molar-refractivity contribution is 7.99. The quantitative estimate of drug-likeness (QED) is 0.514. The van der Waals surface area contributed by atoms with E-state index in [-0.39, 0.29) is 11.5 Å². The second-order valence-corrected chi connectivity index (χ2v) is 8.62. The maximum atomic E-state index is 13.2. The van der Waals surface area contributed by atoms with Gasteiger partial charge in [-0.2, -0.15) is 0 Å². The van der Waals surface area contributed by atoms with Crippen LogP contribution < -0.4 is 15.1 Å². The number of amides is 1. The van der Waals surface area contributed by atoms with Gasteiger partial charge in [-0.1, -0.05) is 48.5 Å². The Hall–Kier alpha value is -2.93. The van der Waals surface area contributed by atoms with Crippen LogP contribution in [0.5, 0.6) is 0 Å². The van der Waals surface area contributed by atoms with Gasteiger partial charge in [-0.15, -0.1) is 0 Å². The van der Waals surface area contributed by atoms with E-state index in [1.807, 2.05) is 50.2 Å². The molecule has 1 N–H and O–H groups in total. The average molecular weight is 422 g/mol. The van der Waals surface area contributed by atoms with Crippen molar-refractivity contribution in [1.82, 2.24) is 10.1 Å². The summed E-state index contributed by atoms with van der Waals surface area (Å²) in [5.41, 5.74) is 4.78. The molecule has 2 heterocycles. The molecule has 7 heteroatoms. The molecule has 1 atom stereocenters. The van der Waals surface area contributed by atoms with Crippen LogP contribution in [0.1, 0.15) is 43.1 Å². The van der Waals surface area contributed by atoms with Gasteiger partial charge >= 0.3 is 11.3 Å². The van der Waals surface area contributed by atoms with E-state index >= 15 is 0 Å². The Kier molecular flexibility index (Phi) is 5.47. The zero-order valence-electron chi connectivity index (χ0n) is 17.6. The minimum atomic E-state index is -0.532. The van der Waals surface area contributed by atoms with E-state index in [2.05, 4.69) is 18.0 Å². The molecule has 0 saturated carbocycles. The van der Waals surface area contributed by atoms with Crippen LogP contribution in [0.2, 0.25) is 0 Å². The highest BCUT2D eigenvalue weighted by Crippen LogP contribution is 2.38. The van der Waals surface area contributed by atoms with Gasteiger partial charge in [0.25, 0.3) is 6.17 Å². The van der Waals surface area contributed by atoms with Crippen LogP contribution in [0.3, 0.4) is 0 Å². The molecule has 4 rings (SSSR count). The number of aromatic nitrogens is 3. The fourth-order valence-corrected chi connectivity index (χ4v) is 4.60. The van der Waals surface area contributed by atoms with Gasteiger partial charge in [-0.05, 0) is 48.7 Å². The van der Waals surface area contributed by atoms with E-state index in [1.165, 1.54) is 11.8 Å². The van der Waals surface area contributed by atoms with E-state index in [0.717, 1.165) is 34.6 Å². The van der Waals surface area contributed by atoms with Crippen LogP contribution in [0.4, 0.5) is 5.69 Å². The second kappa shape index (κ2) is 8.07. The normalized spacial score (nSPS) is 14.9. The van der Waals surface area contributed by atoms with Crippen molar-refractivity contribution in [3.63, 3.8) is 0 Å². The molecule has 0 fully saturated rings. The molecule has 0 bridgehead atoms. The van der Waals surface area contributed by atoms with Crippen molar-refractivity contribution in [2.75, 3.05) is 10.7 Å². The summed E-state index contributed by atoms with van der Waals surface area (Å²) in [6.07, 6.45) is 0.439. The average Bonchev–Trinajstić information content (AvgIpc) is 2.72. The molecule has 3 aromatic rings. The van der Waals surface area contributed by atoms with E-state index in [4.69, 9.17) is 5.10 Å². The van der Waals surface area contributed by atoms with Gasteiger partial charge in [-0.3, -0.25) is 14.6 Å².